The Hall–Kier alpha value is -1.84. The van der Waals surface area contributed by atoms with Crippen molar-refractivity contribution in [2.24, 2.45) is 0 Å². The molecule has 21 heavy (non-hydrogen) atoms. The lowest BCUT2D eigenvalue weighted by Gasteiger charge is -2.31. The van der Waals surface area contributed by atoms with Crippen LogP contribution in [0.1, 0.15) is 17.6 Å². The lowest BCUT2D eigenvalue weighted by molar-refractivity contribution is -0.00509. The zero-order valence-corrected chi connectivity index (χ0v) is 12.2. The van der Waals surface area contributed by atoms with Crippen LogP contribution in [-0.4, -0.2) is 52.6 Å². The van der Waals surface area contributed by atoms with Gasteiger partial charge in [0.25, 0.3) is 0 Å². The quantitative estimate of drug-likeness (QED) is 0.873. The second-order valence-electron chi connectivity index (χ2n) is 4.69. The summed E-state index contributed by atoms with van der Waals surface area (Å²) in [5.74, 6) is 0.630. The van der Waals surface area contributed by atoms with Crippen LogP contribution in [0.3, 0.4) is 0 Å². The number of H-pyrrole nitrogens is 1. The maximum atomic E-state index is 12.5. The van der Waals surface area contributed by atoms with Gasteiger partial charge in [0.05, 0.1) is 18.5 Å². The van der Waals surface area contributed by atoms with Gasteiger partial charge in [0, 0.05) is 25.5 Å². The molecule has 0 spiro atoms. The van der Waals surface area contributed by atoms with Gasteiger partial charge in [-0.2, -0.15) is 9.40 Å². The molecule has 0 saturated carbocycles. The van der Waals surface area contributed by atoms with E-state index in [4.69, 9.17) is 4.74 Å². The number of hydrogen-bond donors (Lipinski definition) is 1. The van der Waals surface area contributed by atoms with Crippen LogP contribution in [0.15, 0.2) is 29.6 Å². The van der Waals surface area contributed by atoms with E-state index in [0.29, 0.717) is 24.7 Å². The Morgan fingerprint density at radius 1 is 1.48 bits per heavy atom. The van der Waals surface area contributed by atoms with E-state index in [0.717, 1.165) is 0 Å². The van der Waals surface area contributed by atoms with E-state index < -0.39 is 10.0 Å². The first-order chi connectivity index (χ1) is 10.1. The molecule has 9 heteroatoms. The van der Waals surface area contributed by atoms with Gasteiger partial charge in [0.1, 0.15) is 16.8 Å². The summed E-state index contributed by atoms with van der Waals surface area (Å²) in [4.78, 5) is 8.49. The molecule has 0 amide bonds. The van der Waals surface area contributed by atoms with Crippen LogP contribution < -0.4 is 0 Å². The third-order valence-corrected chi connectivity index (χ3v) is 5.10. The van der Waals surface area contributed by atoms with E-state index in [1.807, 2.05) is 0 Å². The van der Waals surface area contributed by atoms with Crippen LogP contribution in [0, 0.1) is 6.92 Å². The predicted octanol–water partition coefficient (Wildman–Crippen LogP) is 0.270. The fraction of sp³-hybridized carbons (Fsp3) is 0.417. The SMILES string of the molecule is Cc1nccc([C@@H]2CN(S(=O)(=O)c3cn[nH]c3)CCO2)n1. The van der Waals surface area contributed by atoms with Crippen molar-refractivity contribution in [1.29, 1.82) is 0 Å². The van der Waals surface area contributed by atoms with Crippen LogP contribution in [0.2, 0.25) is 0 Å². The molecule has 3 rings (SSSR count). The molecule has 1 aliphatic rings. The molecule has 0 radical (unpaired) electrons. The highest BCUT2D eigenvalue weighted by Gasteiger charge is 2.32. The molecule has 0 aliphatic carbocycles. The molecule has 0 aromatic carbocycles. The van der Waals surface area contributed by atoms with Crippen molar-refractivity contribution in [3.05, 3.63) is 36.2 Å². The number of rotatable bonds is 3. The molecule has 2 aromatic heterocycles. The molecule has 112 valence electrons. The van der Waals surface area contributed by atoms with Crippen LogP contribution in [-0.2, 0) is 14.8 Å². The highest BCUT2D eigenvalue weighted by molar-refractivity contribution is 7.89. The first kappa shape index (κ1) is 14.1. The number of morpholine rings is 1. The monoisotopic (exact) mass is 309 g/mol. The van der Waals surface area contributed by atoms with E-state index in [1.54, 1.807) is 19.2 Å². The summed E-state index contributed by atoms with van der Waals surface area (Å²) in [5.41, 5.74) is 0.689. The first-order valence-corrected chi connectivity index (χ1v) is 7.91. The number of nitrogens with zero attached hydrogens (tertiary/aromatic N) is 4. The van der Waals surface area contributed by atoms with Gasteiger partial charge >= 0.3 is 0 Å². The summed E-state index contributed by atoms with van der Waals surface area (Å²) in [6.07, 6.45) is 3.93. The molecule has 8 nitrogen and oxygen atoms in total. The predicted molar refractivity (Wildman–Crippen MR) is 72.8 cm³/mol. The Morgan fingerprint density at radius 2 is 2.33 bits per heavy atom. The molecule has 1 fully saturated rings. The fourth-order valence-electron chi connectivity index (χ4n) is 2.21. The Labute approximate surface area is 122 Å². The second kappa shape index (κ2) is 5.51. The number of aromatic amines is 1. The van der Waals surface area contributed by atoms with Gasteiger partial charge in [-0.05, 0) is 13.0 Å². The van der Waals surface area contributed by atoms with Gasteiger partial charge in [-0.1, -0.05) is 0 Å². The third kappa shape index (κ3) is 2.80. The van der Waals surface area contributed by atoms with Crippen molar-refractivity contribution < 1.29 is 13.2 Å². The largest absolute Gasteiger partial charge is 0.369 e. The highest BCUT2D eigenvalue weighted by atomic mass is 32.2. The normalized spacial score (nSPS) is 20.5. The topological polar surface area (TPSA) is 101 Å². The Morgan fingerprint density at radius 3 is 3.05 bits per heavy atom. The van der Waals surface area contributed by atoms with Crippen LogP contribution in [0.5, 0.6) is 0 Å². The minimum absolute atomic E-state index is 0.155. The van der Waals surface area contributed by atoms with Crippen LogP contribution in [0.25, 0.3) is 0 Å². The van der Waals surface area contributed by atoms with E-state index >= 15 is 0 Å². The first-order valence-electron chi connectivity index (χ1n) is 6.47. The maximum Gasteiger partial charge on any atom is 0.246 e. The molecule has 2 aromatic rings. The lowest BCUT2D eigenvalue weighted by Crippen LogP contribution is -2.42. The summed E-state index contributed by atoms with van der Waals surface area (Å²) in [6, 6.07) is 1.74. The Kier molecular flexibility index (Phi) is 3.70. The number of nitrogens with one attached hydrogen (secondary N) is 1. The van der Waals surface area contributed by atoms with Gasteiger partial charge in [0.15, 0.2) is 0 Å². The van der Waals surface area contributed by atoms with E-state index in [2.05, 4.69) is 20.2 Å². The van der Waals surface area contributed by atoms with Crippen molar-refractivity contribution >= 4 is 10.0 Å². The Balaban J connectivity index is 1.83. The van der Waals surface area contributed by atoms with E-state index in [1.165, 1.54) is 16.7 Å². The molecular formula is C12H15N5O3S. The number of ether oxygens (including phenoxy) is 1. The average Bonchev–Trinajstić information content (AvgIpc) is 3.02. The van der Waals surface area contributed by atoms with Gasteiger partial charge in [0.2, 0.25) is 10.0 Å². The molecule has 1 N–H and O–H groups in total. The van der Waals surface area contributed by atoms with E-state index in [-0.39, 0.29) is 17.5 Å². The lowest BCUT2D eigenvalue weighted by atomic mass is 10.2. The molecule has 0 unspecified atom stereocenters. The molecule has 1 saturated heterocycles. The summed E-state index contributed by atoms with van der Waals surface area (Å²) in [6.45, 7) is 2.65. The second-order valence-corrected chi connectivity index (χ2v) is 6.62. The standard InChI is InChI=1S/C12H15N5O3S/c1-9-13-3-2-11(16-9)12-8-17(4-5-20-12)21(18,19)10-6-14-15-7-10/h2-3,6-7,12H,4-5,8H2,1H3,(H,14,15)/t12-/m0/s1. The molecule has 1 aliphatic heterocycles. The van der Waals surface area contributed by atoms with Gasteiger partial charge in [-0.15, -0.1) is 0 Å². The van der Waals surface area contributed by atoms with Crippen molar-refractivity contribution in [2.75, 3.05) is 19.7 Å². The molecular weight excluding hydrogens is 294 g/mol. The average molecular weight is 309 g/mol. The van der Waals surface area contributed by atoms with Crippen LogP contribution in [0.4, 0.5) is 0 Å². The van der Waals surface area contributed by atoms with Gasteiger partial charge in [-0.3, -0.25) is 5.10 Å². The van der Waals surface area contributed by atoms with Gasteiger partial charge in [-0.25, -0.2) is 18.4 Å². The van der Waals surface area contributed by atoms with Crippen molar-refractivity contribution in [3.63, 3.8) is 0 Å². The van der Waals surface area contributed by atoms with Crippen molar-refractivity contribution in [2.45, 2.75) is 17.9 Å². The maximum absolute atomic E-state index is 12.5. The summed E-state index contributed by atoms with van der Waals surface area (Å²) >= 11 is 0. The zero-order chi connectivity index (χ0) is 14.9. The number of sulfonamides is 1. The number of aromatic nitrogens is 4. The third-order valence-electron chi connectivity index (χ3n) is 3.27. The number of hydrogen-bond acceptors (Lipinski definition) is 6. The summed E-state index contributed by atoms with van der Waals surface area (Å²) in [5, 5.41) is 6.21. The van der Waals surface area contributed by atoms with Crippen LogP contribution >= 0.6 is 0 Å². The summed E-state index contributed by atoms with van der Waals surface area (Å²) in [7, 11) is -3.55. The molecule has 3 heterocycles. The van der Waals surface area contributed by atoms with Crippen molar-refractivity contribution in [3.8, 4) is 0 Å². The molecule has 0 bridgehead atoms. The highest BCUT2D eigenvalue weighted by Crippen LogP contribution is 2.24. The van der Waals surface area contributed by atoms with Gasteiger partial charge < -0.3 is 4.74 Å². The number of aryl methyl sites for hydroxylation is 1. The summed E-state index contributed by atoms with van der Waals surface area (Å²) < 4.78 is 32.0. The van der Waals surface area contributed by atoms with E-state index in [9.17, 15) is 8.42 Å². The minimum Gasteiger partial charge on any atom is -0.369 e. The fourth-order valence-corrected chi connectivity index (χ4v) is 3.54. The smallest absolute Gasteiger partial charge is 0.246 e. The molecule has 1 atom stereocenters. The van der Waals surface area contributed by atoms with Crippen molar-refractivity contribution in [1.82, 2.24) is 24.5 Å². The Bertz CT molecular complexity index is 716. The zero-order valence-electron chi connectivity index (χ0n) is 11.4. The minimum atomic E-state index is -3.55.